The van der Waals surface area contributed by atoms with Gasteiger partial charge in [0.2, 0.25) is 0 Å². The zero-order valence-electron chi connectivity index (χ0n) is 6.24. The Hall–Kier alpha value is -0.610. The number of carbonyl (C=O) groups is 1. The number of rotatable bonds is 0. The third kappa shape index (κ3) is 1.12. The Morgan fingerprint density at radius 3 is 2.60 bits per heavy atom. The summed E-state index contributed by atoms with van der Waals surface area (Å²) < 4.78 is 0. The van der Waals surface area contributed by atoms with E-state index in [-0.39, 0.29) is 5.91 Å². The Morgan fingerprint density at radius 1 is 1.50 bits per heavy atom. The second-order valence-electron chi connectivity index (χ2n) is 2.61. The number of amides is 1. The molecule has 1 aliphatic heterocycles. The van der Waals surface area contributed by atoms with Gasteiger partial charge in [0, 0.05) is 20.1 Å². The third-order valence-corrected chi connectivity index (χ3v) is 1.80. The molecule has 0 aromatic heterocycles. The van der Waals surface area contributed by atoms with Crippen molar-refractivity contribution in [3.05, 3.63) is 0 Å². The van der Waals surface area contributed by atoms with Crippen molar-refractivity contribution in [1.82, 2.24) is 9.80 Å². The molecule has 1 aliphatic rings. The molecule has 0 bridgehead atoms. The Balaban J connectivity index is 2.60. The van der Waals surface area contributed by atoms with Crippen molar-refractivity contribution in [3.63, 3.8) is 0 Å². The van der Waals surface area contributed by atoms with Gasteiger partial charge in [0.15, 0.2) is 6.23 Å². The summed E-state index contributed by atoms with van der Waals surface area (Å²) in [7, 11) is 3.42. The van der Waals surface area contributed by atoms with Crippen LogP contribution < -0.4 is 0 Å². The Kier molecular flexibility index (Phi) is 1.92. The lowest BCUT2D eigenvalue weighted by molar-refractivity contribution is -0.154. The summed E-state index contributed by atoms with van der Waals surface area (Å²) in [6.45, 7) is 1.44. The van der Waals surface area contributed by atoms with E-state index >= 15 is 0 Å². The number of carbonyl (C=O) groups excluding carboxylic acids is 1. The van der Waals surface area contributed by atoms with Crippen LogP contribution in [-0.2, 0) is 4.79 Å². The highest BCUT2D eigenvalue weighted by molar-refractivity contribution is 5.80. The molecule has 0 radical (unpaired) electrons. The predicted octanol–water partition coefficient (Wildman–Crippen LogP) is -1.29. The third-order valence-electron chi connectivity index (χ3n) is 1.80. The molecule has 0 saturated carbocycles. The van der Waals surface area contributed by atoms with Crippen LogP contribution in [0.1, 0.15) is 0 Å². The van der Waals surface area contributed by atoms with Crippen molar-refractivity contribution in [2.75, 3.05) is 27.2 Å². The van der Waals surface area contributed by atoms with Gasteiger partial charge in [0.05, 0.1) is 0 Å². The summed E-state index contributed by atoms with van der Waals surface area (Å²) in [6.07, 6.45) is -0.932. The number of likely N-dealkylation sites (N-methyl/N-ethyl adjacent to an activating group) is 2. The van der Waals surface area contributed by atoms with Crippen LogP contribution in [0.5, 0.6) is 0 Å². The molecule has 4 nitrogen and oxygen atoms in total. The van der Waals surface area contributed by atoms with Crippen molar-refractivity contribution in [2.24, 2.45) is 0 Å². The fourth-order valence-electron chi connectivity index (χ4n) is 0.926. The first-order valence-corrected chi connectivity index (χ1v) is 3.26. The van der Waals surface area contributed by atoms with Crippen LogP contribution in [-0.4, -0.2) is 54.2 Å². The SMILES string of the molecule is CN1CCN(C)C(O)C1=O. The van der Waals surface area contributed by atoms with Gasteiger partial charge in [-0.05, 0) is 7.05 Å². The van der Waals surface area contributed by atoms with Gasteiger partial charge in [-0.3, -0.25) is 9.69 Å². The average Bonchev–Trinajstić information content (AvgIpc) is 1.93. The number of aliphatic hydroxyl groups is 1. The van der Waals surface area contributed by atoms with Gasteiger partial charge < -0.3 is 10.0 Å². The minimum atomic E-state index is -0.932. The van der Waals surface area contributed by atoms with E-state index in [0.717, 1.165) is 6.54 Å². The van der Waals surface area contributed by atoms with E-state index in [2.05, 4.69) is 0 Å². The molecule has 1 atom stereocenters. The number of aliphatic hydroxyl groups excluding tert-OH is 1. The lowest BCUT2D eigenvalue weighted by atomic mass is 10.3. The quantitative estimate of drug-likeness (QED) is 0.460. The van der Waals surface area contributed by atoms with Crippen LogP contribution in [0.3, 0.4) is 0 Å². The summed E-state index contributed by atoms with van der Waals surface area (Å²) in [4.78, 5) is 14.1. The highest BCUT2D eigenvalue weighted by Gasteiger charge is 2.27. The molecule has 0 spiro atoms. The Morgan fingerprint density at radius 2 is 2.10 bits per heavy atom. The Labute approximate surface area is 60.0 Å². The van der Waals surface area contributed by atoms with Crippen molar-refractivity contribution in [1.29, 1.82) is 0 Å². The monoisotopic (exact) mass is 144 g/mol. The minimum Gasteiger partial charge on any atom is -0.370 e. The fraction of sp³-hybridized carbons (Fsp3) is 0.833. The maximum atomic E-state index is 11.0. The van der Waals surface area contributed by atoms with E-state index < -0.39 is 6.23 Å². The summed E-state index contributed by atoms with van der Waals surface area (Å²) in [5, 5.41) is 9.15. The molecule has 58 valence electrons. The predicted molar refractivity (Wildman–Crippen MR) is 36.3 cm³/mol. The van der Waals surface area contributed by atoms with Gasteiger partial charge in [0.1, 0.15) is 0 Å². The van der Waals surface area contributed by atoms with Gasteiger partial charge in [-0.2, -0.15) is 0 Å². The first kappa shape index (κ1) is 7.50. The van der Waals surface area contributed by atoms with Crippen molar-refractivity contribution in [3.8, 4) is 0 Å². The molecular formula is C6H12N2O2. The van der Waals surface area contributed by atoms with Crippen LogP contribution >= 0.6 is 0 Å². The van der Waals surface area contributed by atoms with Gasteiger partial charge in [-0.15, -0.1) is 0 Å². The van der Waals surface area contributed by atoms with Gasteiger partial charge in [-0.1, -0.05) is 0 Å². The fourth-order valence-corrected chi connectivity index (χ4v) is 0.926. The normalized spacial score (nSPS) is 29.3. The molecule has 1 rings (SSSR count). The molecule has 10 heavy (non-hydrogen) atoms. The summed E-state index contributed by atoms with van der Waals surface area (Å²) in [5.74, 6) is -0.214. The van der Waals surface area contributed by atoms with E-state index in [1.54, 1.807) is 19.0 Å². The van der Waals surface area contributed by atoms with Crippen LogP contribution in [0.15, 0.2) is 0 Å². The summed E-state index contributed by atoms with van der Waals surface area (Å²) in [6, 6.07) is 0. The molecule has 0 aromatic carbocycles. The first-order chi connectivity index (χ1) is 4.63. The van der Waals surface area contributed by atoms with Crippen LogP contribution in [0.4, 0.5) is 0 Å². The molecule has 1 amide bonds. The topological polar surface area (TPSA) is 43.8 Å². The highest BCUT2D eigenvalue weighted by Crippen LogP contribution is 2.03. The second-order valence-corrected chi connectivity index (χ2v) is 2.61. The lowest BCUT2D eigenvalue weighted by Gasteiger charge is -2.33. The zero-order chi connectivity index (χ0) is 7.72. The molecule has 1 fully saturated rings. The highest BCUT2D eigenvalue weighted by atomic mass is 16.3. The minimum absolute atomic E-state index is 0.214. The summed E-state index contributed by atoms with van der Waals surface area (Å²) >= 11 is 0. The molecular weight excluding hydrogens is 132 g/mol. The molecule has 0 aromatic rings. The number of hydrogen-bond donors (Lipinski definition) is 1. The van der Waals surface area contributed by atoms with Gasteiger partial charge >= 0.3 is 0 Å². The van der Waals surface area contributed by atoms with Gasteiger partial charge in [0.25, 0.3) is 5.91 Å². The molecule has 4 heteroatoms. The maximum Gasteiger partial charge on any atom is 0.266 e. The lowest BCUT2D eigenvalue weighted by Crippen LogP contribution is -2.53. The molecule has 1 saturated heterocycles. The number of piperazine rings is 1. The average molecular weight is 144 g/mol. The molecule has 1 heterocycles. The molecule has 1 N–H and O–H groups in total. The molecule has 1 unspecified atom stereocenters. The number of nitrogens with zero attached hydrogens (tertiary/aromatic N) is 2. The standard InChI is InChI=1S/C6H12N2O2/c1-7-3-4-8(2)6(10)5(7)9/h5,9H,3-4H2,1-2H3. The van der Waals surface area contributed by atoms with E-state index in [1.807, 2.05) is 0 Å². The largest absolute Gasteiger partial charge is 0.370 e. The van der Waals surface area contributed by atoms with E-state index in [1.165, 1.54) is 4.90 Å². The van der Waals surface area contributed by atoms with Crippen LogP contribution in [0.25, 0.3) is 0 Å². The van der Waals surface area contributed by atoms with E-state index in [4.69, 9.17) is 5.11 Å². The van der Waals surface area contributed by atoms with Crippen molar-refractivity contribution in [2.45, 2.75) is 6.23 Å². The van der Waals surface area contributed by atoms with Crippen LogP contribution in [0, 0.1) is 0 Å². The first-order valence-electron chi connectivity index (χ1n) is 3.26. The van der Waals surface area contributed by atoms with E-state index in [9.17, 15) is 4.79 Å². The Bertz CT molecular complexity index is 149. The smallest absolute Gasteiger partial charge is 0.266 e. The molecule has 0 aliphatic carbocycles. The maximum absolute atomic E-state index is 11.0. The summed E-state index contributed by atoms with van der Waals surface area (Å²) in [5.41, 5.74) is 0. The van der Waals surface area contributed by atoms with Crippen molar-refractivity contribution >= 4 is 5.91 Å². The van der Waals surface area contributed by atoms with Gasteiger partial charge in [-0.25, -0.2) is 0 Å². The number of hydrogen-bond acceptors (Lipinski definition) is 3. The van der Waals surface area contributed by atoms with Crippen molar-refractivity contribution < 1.29 is 9.90 Å². The van der Waals surface area contributed by atoms with E-state index in [0.29, 0.717) is 6.54 Å². The second kappa shape index (κ2) is 2.56. The zero-order valence-corrected chi connectivity index (χ0v) is 6.24. The van der Waals surface area contributed by atoms with Crippen LogP contribution in [0.2, 0.25) is 0 Å².